The molecule has 4 heterocycles. The van der Waals surface area contributed by atoms with Gasteiger partial charge in [0.15, 0.2) is 0 Å². The normalized spacial score (nSPS) is 11.9. The molecule has 0 fully saturated rings. The molecule has 0 radical (unpaired) electrons. The number of rotatable bonds is 4. The minimum absolute atomic E-state index is 0.0522. The molecule has 4 aromatic heterocycles. The first-order chi connectivity index (χ1) is 15.8. The van der Waals surface area contributed by atoms with Gasteiger partial charge in [0.05, 0.1) is 11.2 Å². The van der Waals surface area contributed by atoms with Gasteiger partial charge in [0, 0.05) is 11.8 Å². The zero-order valence-electron chi connectivity index (χ0n) is 17.4. The largest absolute Gasteiger partial charge is 0.466 e. The smallest absolute Gasteiger partial charge is 0.278 e. The van der Waals surface area contributed by atoms with Gasteiger partial charge in [-0.25, -0.2) is 17.4 Å². The summed E-state index contributed by atoms with van der Waals surface area (Å²) in [6.45, 7) is 1.87. The quantitative estimate of drug-likeness (QED) is 0.248. The van der Waals surface area contributed by atoms with Crippen molar-refractivity contribution >= 4 is 32.3 Å². The number of pyridine rings is 2. The van der Waals surface area contributed by atoms with E-state index in [1.807, 2.05) is 13.0 Å². The molecule has 5 aromatic rings. The number of furan rings is 1. The number of hydrogen-bond donors (Lipinski definition) is 1. The number of aromatic nitrogens is 3. The van der Waals surface area contributed by atoms with Gasteiger partial charge in [-0.2, -0.15) is 0 Å². The van der Waals surface area contributed by atoms with E-state index >= 15 is 0 Å². The molecule has 0 saturated heterocycles. The predicted molar refractivity (Wildman–Crippen MR) is 118 cm³/mol. The number of halogens is 1. The molecule has 0 aliphatic carbocycles. The van der Waals surface area contributed by atoms with Crippen molar-refractivity contribution in [2.75, 3.05) is 5.73 Å². The number of nitrogen functional groups attached to an aromatic ring is 1. The highest BCUT2D eigenvalue weighted by molar-refractivity contribution is 7.91. The maximum Gasteiger partial charge on any atom is 0.278 e. The highest BCUT2D eigenvalue weighted by atomic mass is 32.2. The summed E-state index contributed by atoms with van der Waals surface area (Å²) >= 11 is 0. The Labute approximate surface area is 187 Å². The average molecular weight is 465 g/mol. The van der Waals surface area contributed by atoms with Gasteiger partial charge in [-0.15, -0.1) is 0 Å². The monoisotopic (exact) mass is 465 g/mol. The van der Waals surface area contributed by atoms with E-state index in [-0.39, 0.29) is 33.2 Å². The number of nitrogens with zero attached hydrogens (tertiary/aromatic N) is 3. The third kappa shape index (κ3) is 3.35. The number of anilines is 1. The summed E-state index contributed by atoms with van der Waals surface area (Å²) < 4.78 is 48.5. The first-order valence-corrected chi connectivity index (χ1v) is 11.4. The maximum atomic E-state index is 13.4. The number of aryl methyl sites for hydroxylation is 1. The first-order valence-electron chi connectivity index (χ1n) is 9.94. The van der Waals surface area contributed by atoms with E-state index in [0.717, 1.165) is 29.8 Å². The molecule has 0 atom stereocenters. The zero-order chi connectivity index (χ0) is 23.3. The number of benzene rings is 1. The van der Waals surface area contributed by atoms with Crippen LogP contribution in [0.1, 0.15) is 11.3 Å². The Morgan fingerprint density at radius 2 is 1.91 bits per heavy atom. The Balaban J connectivity index is 1.89. The standard InChI is InChI=1S/C23H17FN4O4S/c1-14-4-2-10-27-21(14)26-22-18(23(27)29)12-19(20(25)28(22)13-16-5-3-11-32-16)33(30,31)17-8-6-15(24)7-9-17/h2-12,25H,13H2,1H3/p+1. The van der Waals surface area contributed by atoms with Gasteiger partial charge in [-0.05, 0) is 55.5 Å². The van der Waals surface area contributed by atoms with Crippen LogP contribution >= 0.6 is 0 Å². The van der Waals surface area contributed by atoms with Gasteiger partial charge < -0.3 is 10.2 Å². The Hall–Kier alpha value is -4.05. The van der Waals surface area contributed by atoms with Crippen LogP contribution in [0.4, 0.5) is 10.2 Å². The molecule has 0 amide bonds. The molecule has 8 nitrogen and oxygen atoms in total. The third-order valence-corrected chi connectivity index (χ3v) is 7.24. The molecule has 0 unspecified atom stereocenters. The Morgan fingerprint density at radius 3 is 2.61 bits per heavy atom. The Bertz CT molecular complexity index is 1690. The second kappa shape index (κ2) is 7.52. The van der Waals surface area contributed by atoms with Crippen molar-refractivity contribution in [1.82, 2.24) is 9.38 Å². The summed E-state index contributed by atoms with van der Waals surface area (Å²) in [7, 11) is -4.18. The summed E-state index contributed by atoms with van der Waals surface area (Å²) in [4.78, 5) is 17.6. The zero-order valence-corrected chi connectivity index (χ0v) is 18.2. The summed E-state index contributed by atoms with van der Waals surface area (Å²) in [5, 5.41) is 0.0690. The van der Waals surface area contributed by atoms with Crippen molar-refractivity contribution in [3.63, 3.8) is 0 Å². The van der Waals surface area contributed by atoms with Crippen molar-refractivity contribution in [1.29, 1.82) is 0 Å². The SMILES string of the molecule is Cc1cccn2c(=O)c3cc(S(=O)(=O)c4ccc(F)cc4)c(N)[n+](Cc4ccco4)c3nc12. The first kappa shape index (κ1) is 20.8. The van der Waals surface area contributed by atoms with Gasteiger partial charge in [0.2, 0.25) is 21.3 Å². The van der Waals surface area contributed by atoms with E-state index < -0.39 is 21.2 Å². The van der Waals surface area contributed by atoms with Crippen molar-refractivity contribution in [2.24, 2.45) is 0 Å². The summed E-state index contributed by atoms with van der Waals surface area (Å²) in [6.07, 6.45) is 3.05. The molecule has 0 saturated carbocycles. The fraction of sp³-hybridized carbons (Fsp3) is 0.0870. The van der Waals surface area contributed by atoms with E-state index in [9.17, 15) is 17.6 Å². The van der Waals surface area contributed by atoms with Crippen LogP contribution in [0, 0.1) is 12.7 Å². The van der Waals surface area contributed by atoms with Crippen LogP contribution in [0.3, 0.4) is 0 Å². The van der Waals surface area contributed by atoms with Crippen LogP contribution in [0.2, 0.25) is 0 Å². The molecular weight excluding hydrogens is 447 g/mol. The average Bonchev–Trinajstić information content (AvgIpc) is 3.30. The number of hydrogen-bond acceptors (Lipinski definition) is 6. The minimum atomic E-state index is -4.18. The van der Waals surface area contributed by atoms with Crippen molar-refractivity contribution in [3.05, 3.63) is 94.6 Å². The van der Waals surface area contributed by atoms with Crippen molar-refractivity contribution in [3.8, 4) is 0 Å². The molecular formula is C23H18FN4O4S+. The molecule has 10 heteroatoms. The van der Waals surface area contributed by atoms with Crippen LogP contribution in [0.25, 0.3) is 16.7 Å². The van der Waals surface area contributed by atoms with Gasteiger partial charge >= 0.3 is 0 Å². The number of sulfone groups is 1. The summed E-state index contributed by atoms with van der Waals surface area (Å²) in [5.74, 6) is -0.193. The topological polar surface area (TPSA) is 112 Å². The van der Waals surface area contributed by atoms with Crippen LogP contribution < -0.4 is 15.9 Å². The minimum Gasteiger partial charge on any atom is -0.466 e. The fourth-order valence-electron chi connectivity index (χ4n) is 3.76. The Morgan fingerprint density at radius 1 is 1.15 bits per heavy atom. The summed E-state index contributed by atoms with van der Waals surface area (Å²) in [6, 6.07) is 12.6. The van der Waals surface area contributed by atoms with E-state index in [1.165, 1.54) is 21.3 Å². The van der Waals surface area contributed by atoms with Crippen LogP contribution in [0.15, 0.2) is 86.1 Å². The highest BCUT2D eigenvalue weighted by Gasteiger charge is 2.30. The molecule has 0 aliphatic rings. The lowest BCUT2D eigenvalue weighted by atomic mass is 10.2. The second-order valence-corrected chi connectivity index (χ2v) is 9.47. The number of nitrogens with two attached hydrogens (primary N) is 1. The molecule has 0 bridgehead atoms. The molecule has 5 rings (SSSR count). The van der Waals surface area contributed by atoms with E-state index in [0.29, 0.717) is 11.4 Å². The summed E-state index contributed by atoms with van der Waals surface area (Å²) in [5.41, 5.74) is 7.35. The van der Waals surface area contributed by atoms with Gasteiger partial charge in [-0.3, -0.25) is 9.20 Å². The van der Waals surface area contributed by atoms with E-state index in [1.54, 1.807) is 24.4 Å². The third-order valence-electron chi connectivity index (χ3n) is 5.45. The molecule has 2 N–H and O–H groups in total. The molecule has 1 aromatic carbocycles. The molecule has 166 valence electrons. The van der Waals surface area contributed by atoms with Gasteiger partial charge in [0.25, 0.3) is 11.2 Å². The van der Waals surface area contributed by atoms with Gasteiger partial charge in [-0.1, -0.05) is 11.1 Å². The van der Waals surface area contributed by atoms with E-state index in [2.05, 4.69) is 4.98 Å². The number of fused-ring (bicyclic) bond motifs is 2. The lowest BCUT2D eigenvalue weighted by molar-refractivity contribution is -0.653. The molecule has 0 spiro atoms. The lowest BCUT2D eigenvalue weighted by Crippen LogP contribution is -2.42. The molecule has 0 aliphatic heterocycles. The predicted octanol–water partition coefficient (Wildman–Crippen LogP) is 2.64. The van der Waals surface area contributed by atoms with Crippen LogP contribution in [-0.4, -0.2) is 17.8 Å². The van der Waals surface area contributed by atoms with E-state index in [4.69, 9.17) is 10.2 Å². The highest BCUT2D eigenvalue weighted by Crippen LogP contribution is 2.27. The lowest BCUT2D eigenvalue weighted by Gasteiger charge is -2.12. The second-order valence-electron chi connectivity index (χ2n) is 7.56. The van der Waals surface area contributed by atoms with Crippen LogP contribution in [-0.2, 0) is 16.4 Å². The molecule has 33 heavy (non-hydrogen) atoms. The van der Waals surface area contributed by atoms with Crippen molar-refractivity contribution in [2.45, 2.75) is 23.3 Å². The van der Waals surface area contributed by atoms with Crippen LogP contribution in [0.5, 0.6) is 0 Å². The maximum absolute atomic E-state index is 13.4. The van der Waals surface area contributed by atoms with Gasteiger partial charge in [0.1, 0.15) is 28.4 Å². The van der Waals surface area contributed by atoms with Crippen molar-refractivity contribution < 1.29 is 21.8 Å². The fourth-order valence-corrected chi connectivity index (χ4v) is 5.17. The Kier molecular flexibility index (Phi) is 4.75.